The predicted octanol–water partition coefficient (Wildman–Crippen LogP) is 1.76. The number of ether oxygens (including phenoxy) is 1. The first-order chi connectivity index (χ1) is 13.6. The van der Waals surface area contributed by atoms with Crippen molar-refractivity contribution in [3.8, 4) is 5.75 Å². The van der Waals surface area contributed by atoms with Crippen LogP contribution in [0.4, 0.5) is 18.9 Å². The minimum absolute atomic E-state index is 0.00367. The number of alkyl halides is 3. The van der Waals surface area contributed by atoms with E-state index in [-0.39, 0.29) is 22.5 Å². The van der Waals surface area contributed by atoms with Gasteiger partial charge in [0.05, 0.1) is 12.7 Å². The van der Waals surface area contributed by atoms with Crippen LogP contribution in [0.1, 0.15) is 5.56 Å². The molecule has 11 heteroatoms. The van der Waals surface area contributed by atoms with Crippen LogP contribution in [0.2, 0.25) is 0 Å². The highest BCUT2D eigenvalue weighted by atomic mass is 19.4. The SMILES string of the molecule is COc1ccnc2c1c(=O)n(CC(=O)Nc1cccc(C(F)(F)F)c1)c(=O)n2C. The third kappa shape index (κ3) is 3.84. The lowest BCUT2D eigenvalue weighted by Gasteiger charge is -2.13. The Morgan fingerprint density at radius 2 is 1.97 bits per heavy atom. The first-order valence-corrected chi connectivity index (χ1v) is 8.23. The number of carbonyl (C=O) groups excluding carboxylic acids is 1. The second-order valence-electron chi connectivity index (χ2n) is 6.07. The number of amides is 1. The van der Waals surface area contributed by atoms with E-state index in [4.69, 9.17) is 4.74 Å². The van der Waals surface area contributed by atoms with Crippen molar-refractivity contribution in [2.45, 2.75) is 12.7 Å². The first-order valence-electron chi connectivity index (χ1n) is 8.23. The summed E-state index contributed by atoms with van der Waals surface area (Å²) < 4.78 is 45.3. The smallest absolute Gasteiger partial charge is 0.416 e. The standard InChI is InChI=1S/C18H15F3N4O4/c1-24-15-14(12(29-2)6-7-22-15)16(27)25(17(24)28)9-13(26)23-11-5-3-4-10(8-11)18(19,20)21/h3-8H,9H2,1-2H3,(H,23,26). The van der Waals surface area contributed by atoms with Gasteiger partial charge in [-0.25, -0.2) is 14.3 Å². The number of methoxy groups -OCH3 is 1. The number of benzene rings is 1. The van der Waals surface area contributed by atoms with Crippen LogP contribution in [0.5, 0.6) is 5.75 Å². The van der Waals surface area contributed by atoms with E-state index in [1.807, 2.05) is 0 Å². The Balaban J connectivity index is 1.98. The molecule has 0 bridgehead atoms. The molecule has 0 aliphatic carbocycles. The molecule has 1 amide bonds. The third-order valence-electron chi connectivity index (χ3n) is 4.18. The number of pyridine rings is 1. The van der Waals surface area contributed by atoms with E-state index < -0.39 is 35.4 Å². The number of hydrogen-bond acceptors (Lipinski definition) is 5. The summed E-state index contributed by atoms with van der Waals surface area (Å²) >= 11 is 0. The fourth-order valence-corrected chi connectivity index (χ4v) is 2.81. The van der Waals surface area contributed by atoms with Crippen molar-refractivity contribution in [1.82, 2.24) is 14.1 Å². The van der Waals surface area contributed by atoms with E-state index in [1.54, 1.807) is 0 Å². The Kier molecular flexibility index (Phi) is 5.14. The molecule has 0 saturated carbocycles. The zero-order chi connectivity index (χ0) is 21.3. The molecule has 0 aliphatic rings. The Labute approximate surface area is 161 Å². The van der Waals surface area contributed by atoms with Crippen LogP contribution in [0.3, 0.4) is 0 Å². The largest absolute Gasteiger partial charge is 0.496 e. The molecule has 0 aliphatic heterocycles. The molecule has 1 aromatic carbocycles. The van der Waals surface area contributed by atoms with Crippen LogP contribution in [0.25, 0.3) is 11.0 Å². The van der Waals surface area contributed by atoms with E-state index in [0.29, 0.717) is 4.57 Å². The van der Waals surface area contributed by atoms with E-state index >= 15 is 0 Å². The number of carbonyl (C=O) groups is 1. The molecule has 0 unspecified atom stereocenters. The molecular weight excluding hydrogens is 393 g/mol. The van der Waals surface area contributed by atoms with Gasteiger partial charge in [0.25, 0.3) is 5.56 Å². The van der Waals surface area contributed by atoms with Crippen molar-refractivity contribution >= 4 is 22.6 Å². The van der Waals surface area contributed by atoms with Crippen LogP contribution in [-0.2, 0) is 24.6 Å². The number of nitrogens with one attached hydrogen (secondary N) is 1. The summed E-state index contributed by atoms with van der Waals surface area (Å²) in [6.07, 6.45) is -3.21. The van der Waals surface area contributed by atoms with Gasteiger partial charge in [0.1, 0.15) is 17.7 Å². The summed E-state index contributed by atoms with van der Waals surface area (Å²) in [4.78, 5) is 41.5. The summed E-state index contributed by atoms with van der Waals surface area (Å²) in [5, 5.41) is 2.26. The number of aromatic nitrogens is 3. The molecule has 2 heterocycles. The van der Waals surface area contributed by atoms with Crippen LogP contribution >= 0.6 is 0 Å². The lowest BCUT2D eigenvalue weighted by atomic mass is 10.2. The summed E-state index contributed by atoms with van der Waals surface area (Å²) in [6, 6.07) is 5.45. The second-order valence-corrected chi connectivity index (χ2v) is 6.07. The Bertz CT molecular complexity index is 1210. The van der Waals surface area contributed by atoms with E-state index in [2.05, 4.69) is 10.3 Å². The van der Waals surface area contributed by atoms with Gasteiger partial charge < -0.3 is 10.1 Å². The first kappa shape index (κ1) is 20.1. The third-order valence-corrected chi connectivity index (χ3v) is 4.18. The molecule has 1 N–H and O–H groups in total. The van der Waals surface area contributed by atoms with Gasteiger partial charge in [0.15, 0.2) is 5.65 Å². The minimum Gasteiger partial charge on any atom is -0.496 e. The molecule has 0 atom stereocenters. The molecule has 3 rings (SSSR count). The summed E-state index contributed by atoms with van der Waals surface area (Å²) in [6.45, 7) is -0.699. The molecule has 29 heavy (non-hydrogen) atoms. The number of hydrogen-bond donors (Lipinski definition) is 1. The summed E-state index contributed by atoms with van der Waals surface area (Å²) in [5.74, 6) is -0.673. The molecule has 8 nitrogen and oxygen atoms in total. The Hall–Kier alpha value is -3.63. The minimum atomic E-state index is -4.57. The van der Waals surface area contributed by atoms with E-state index in [1.165, 1.54) is 32.5 Å². The number of nitrogens with zero attached hydrogens (tertiary/aromatic N) is 3. The van der Waals surface area contributed by atoms with Gasteiger partial charge >= 0.3 is 11.9 Å². The quantitative estimate of drug-likeness (QED) is 0.710. The highest BCUT2D eigenvalue weighted by Gasteiger charge is 2.30. The van der Waals surface area contributed by atoms with Crippen molar-refractivity contribution in [2.75, 3.05) is 12.4 Å². The fourth-order valence-electron chi connectivity index (χ4n) is 2.81. The topological polar surface area (TPSA) is 95.2 Å². The van der Waals surface area contributed by atoms with Gasteiger partial charge in [-0.05, 0) is 24.3 Å². The molecule has 0 fully saturated rings. The number of anilines is 1. The van der Waals surface area contributed by atoms with Crippen LogP contribution in [-0.4, -0.2) is 27.1 Å². The van der Waals surface area contributed by atoms with Crippen molar-refractivity contribution in [2.24, 2.45) is 7.05 Å². The molecule has 2 aromatic heterocycles. The highest BCUT2D eigenvalue weighted by Crippen LogP contribution is 2.30. The zero-order valence-corrected chi connectivity index (χ0v) is 15.3. The monoisotopic (exact) mass is 408 g/mol. The highest BCUT2D eigenvalue weighted by molar-refractivity contribution is 5.91. The van der Waals surface area contributed by atoms with Crippen LogP contribution in [0.15, 0.2) is 46.1 Å². The second kappa shape index (κ2) is 7.41. The lowest BCUT2D eigenvalue weighted by Crippen LogP contribution is -2.42. The average Bonchev–Trinajstić information content (AvgIpc) is 2.68. The maximum absolute atomic E-state index is 12.8. The van der Waals surface area contributed by atoms with Crippen LogP contribution < -0.4 is 21.3 Å². The Morgan fingerprint density at radius 1 is 1.24 bits per heavy atom. The Morgan fingerprint density at radius 3 is 2.62 bits per heavy atom. The van der Waals surface area contributed by atoms with Gasteiger partial charge in [-0.15, -0.1) is 0 Å². The number of fused-ring (bicyclic) bond motifs is 1. The van der Waals surface area contributed by atoms with Gasteiger partial charge in [0, 0.05) is 18.9 Å². The van der Waals surface area contributed by atoms with Gasteiger partial charge in [-0.2, -0.15) is 13.2 Å². The average molecular weight is 408 g/mol. The van der Waals surface area contributed by atoms with E-state index in [9.17, 15) is 27.6 Å². The van der Waals surface area contributed by atoms with E-state index in [0.717, 1.165) is 22.8 Å². The molecule has 0 spiro atoms. The molecule has 3 aromatic rings. The number of halogens is 3. The van der Waals surface area contributed by atoms with Gasteiger partial charge in [-0.3, -0.25) is 14.2 Å². The molecular formula is C18H15F3N4O4. The normalized spacial score (nSPS) is 11.5. The summed E-state index contributed by atoms with van der Waals surface area (Å²) in [7, 11) is 2.71. The molecule has 0 saturated heterocycles. The van der Waals surface area contributed by atoms with Crippen LogP contribution in [0, 0.1) is 0 Å². The maximum Gasteiger partial charge on any atom is 0.416 e. The maximum atomic E-state index is 12.8. The molecule has 0 radical (unpaired) electrons. The van der Waals surface area contributed by atoms with Gasteiger partial charge in [-0.1, -0.05) is 6.07 Å². The number of rotatable bonds is 4. The lowest BCUT2D eigenvalue weighted by molar-refractivity contribution is -0.137. The van der Waals surface area contributed by atoms with Crippen molar-refractivity contribution in [3.63, 3.8) is 0 Å². The fraction of sp³-hybridized carbons (Fsp3) is 0.222. The summed E-state index contributed by atoms with van der Waals surface area (Å²) in [5.41, 5.74) is -2.58. The number of aryl methyl sites for hydroxylation is 1. The van der Waals surface area contributed by atoms with Crippen molar-refractivity contribution in [1.29, 1.82) is 0 Å². The zero-order valence-electron chi connectivity index (χ0n) is 15.3. The van der Waals surface area contributed by atoms with Crippen molar-refractivity contribution in [3.05, 3.63) is 62.9 Å². The predicted molar refractivity (Wildman–Crippen MR) is 97.9 cm³/mol. The van der Waals surface area contributed by atoms with Gasteiger partial charge in [0.2, 0.25) is 5.91 Å². The van der Waals surface area contributed by atoms with Crippen molar-refractivity contribution < 1.29 is 22.7 Å². The molecule has 152 valence electrons.